The van der Waals surface area contributed by atoms with Crippen LogP contribution in [0.5, 0.6) is 0 Å². The third-order valence-corrected chi connectivity index (χ3v) is 2.92. The minimum Gasteiger partial charge on any atom is -0.192 e. The van der Waals surface area contributed by atoms with Gasteiger partial charge in [0, 0.05) is 10.8 Å². The van der Waals surface area contributed by atoms with Gasteiger partial charge in [-0.3, -0.25) is 0 Å². The third-order valence-electron chi connectivity index (χ3n) is 2.41. The zero-order valence-corrected chi connectivity index (χ0v) is 10.6. The van der Waals surface area contributed by atoms with Gasteiger partial charge in [-0.05, 0) is 0 Å². The Morgan fingerprint density at radius 1 is 1.06 bits per heavy atom. The summed E-state index contributed by atoms with van der Waals surface area (Å²) in [5, 5.41) is 13.9. The topological polar surface area (TPSA) is 43.1 Å². The second-order valence-corrected chi connectivity index (χ2v) is 5.77. The minimum absolute atomic E-state index is 0.184. The molecule has 0 saturated heterocycles. The lowest BCUT2D eigenvalue weighted by Crippen LogP contribution is -2.08. The second-order valence-electron chi connectivity index (χ2n) is 3.49. The van der Waals surface area contributed by atoms with Crippen LogP contribution in [0.2, 0.25) is 0 Å². The molecular formula is C10H5Cl3N4. The van der Waals surface area contributed by atoms with Crippen molar-refractivity contribution in [3.05, 3.63) is 36.3 Å². The minimum atomic E-state index is -1.64. The van der Waals surface area contributed by atoms with Gasteiger partial charge in [-0.2, -0.15) is 9.61 Å². The number of benzene rings is 1. The zero-order valence-electron chi connectivity index (χ0n) is 8.31. The lowest BCUT2D eigenvalue weighted by Gasteiger charge is -2.07. The van der Waals surface area contributed by atoms with Crippen molar-refractivity contribution in [1.29, 1.82) is 0 Å². The van der Waals surface area contributed by atoms with Gasteiger partial charge in [-0.15, -0.1) is 10.2 Å². The van der Waals surface area contributed by atoms with E-state index in [2.05, 4.69) is 15.3 Å². The predicted octanol–water partition coefficient (Wildman–Crippen LogP) is 3.10. The number of fused-ring (bicyclic) bond motifs is 3. The first-order chi connectivity index (χ1) is 8.07. The van der Waals surface area contributed by atoms with Gasteiger partial charge in [0.05, 0.1) is 6.20 Å². The van der Waals surface area contributed by atoms with Crippen molar-refractivity contribution in [2.75, 3.05) is 0 Å². The van der Waals surface area contributed by atoms with Gasteiger partial charge in [-0.1, -0.05) is 59.1 Å². The van der Waals surface area contributed by atoms with Crippen molar-refractivity contribution in [3.8, 4) is 0 Å². The monoisotopic (exact) mass is 286 g/mol. The van der Waals surface area contributed by atoms with Crippen LogP contribution < -0.4 is 0 Å². The van der Waals surface area contributed by atoms with E-state index in [1.807, 2.05) is 24.3 Å². The maximum Gasteiger partial charge on any atom is 0.252 e. The molecule has 0 bridgehead atoms. The average Bonchev–Trinajstić information content (AvgIpc) is 2.72. The van der Waals surface area contributed by atoms with Gasteiger partial charge >= 0.3 is 0 Å². The number of nitrogens with zero attached hydrogens (tertiary/aromatic N) is 4. The Labute approximate surface area is 111 Å². The Morgan fingerprint density at radius 2 is 1.82 bits per heavy atom. The Hall–Kier alpha value is -1.10. The van der Waals surface area contributed by atoms with Crippen LogP contribution in [0.25, 0.3) is 16.4 Å². The van der Waals surface area contributed by atoms with Crippen LogP contribution in [0, 0.1) is 0 Å². The van der Waals surface area contributed by atoms with E-state index in [4.69, 9.17) is 34.8 Å². The summed E-state index contributed by atoms with van der Waals surface area (Å²) in [7, 11) is 0. The molecule has 0 saturated carbocycles. The first kappa shape index (κ1) is 11.0. The van der Waals surface area contributed by atoms with E-state index in [1.165, 1.54) is 4.52 Å². The quantitative estimate of drug-likeness (QED) is 0.597. The summed E-state index contributed by atoms with van der Waals surface area (Å²) in [6, 6.07) is 7.69. The number of hydrogen-bond donors (Lipinski definition) is 0. The molecule has 2 aromatic heterocycles. The molecule has 0 fully saturated rings. The van der Waals surface area contributed by atoms with E-state index in [0.29, 0.717) is 5.65 Å². The molecule has 86 valence electrons. The first-order valence-corrected chi connectivity index (χ1v) is 5.87. The number of alkyl halides is 3. The summed E-state index contributed by atoms with van der Waals surface area (Å²) in [5.74, 6) is 0.184. The van der Waals surface area contributed by atoms with Gasteiger partial charge in [0.2, 0.25) is 5.82 Å². The average molecular weight is 288 g/mol. The molecule has 2 heterocycles. The van der Waals surface area contributed by atoms with Crippen molar-refractivity contribution in [2.24, 2.45) is 0 Å². The Balaban J connectivity index is 2.43. The van der Waals surface area contributed by atoms with Crippen LogP contribution in [-0.2, 0) is 3.79 Å². The molecule has 0 radical (unpaired) electrons. The molecule has 3 aromatic rings. The second kappa shape index (κ2) is 3.70. The smallest absolute Gasteiger partial charge is 0.192 e. The summed E-state index contributed by atoms with van der Waals surface area (Å²) in [6.07, 6.45) is 1.69. The molecule has 1 aromatic carbocycles. The molecule has 17 heavy (non-hydrogen) atoms. The van der Waals surface area contributed by atoms with Crippen LogP contribution >= 0.6 is 34.8 Å². The van der Waals surface area contributed by atoms with E-state index >= 15 is 0 Å². The fourth-order valence-electron chi connectivity index (χ4n) is 1.67. The van der Waals surface area contributed by atoms with Crippen LogP contribution in [0.1, 0.15) is 5.82 Å². The molecule has 7 heteroatoms. The van der Waals surface area contributed by atoms with E-state index in [0.717, 1.165) is 10.8 Å². The maximum absolute atomic E-state index is 5.80. The summed E-state index contributed by atoms with van der Waals surface area (Å²) < 4.78 is -0.204. The van der Waals surface area contributed by atoms with E-state index in [-0.39, 0.29) is 5.82 Å². The first-order valence-electron chi connectivity index (χ1n) is 4.74. The zero-order chi connectivity index (χ0) is 12.0. The van der Waals surface area contributed by atoms with E-state index < -0.39 is 3.79 Å². The highest BCUT2D eigenvalue weighted by molar-refractivity contribution is 6.66. The van der Waals surface area contributed by atoms with Crippen LogP contribution in [-0.4, -0.2) is 19.8 Å². The van der Waals surface area contributed by atoms with Gasteiger partial charge in [0.1, 0.15) is 0 Å². The summed E-state index contributed by atoms with van der Waals surface area (Å²) in [6.45, 7) is 0. The molecule has 0 aliphatic rings. The van der Waals surface area contributed by atoms with Gasteiger partial charge in [0.25, 0.3) is 3.79 Å². The number of hydrogen-bond acceptors (Lipinski definition) is 3. The van der Waals surface area contributed by atoms with E-state index in [9.17, 15) is 0 Å². The Bertz CT molecular complexity index is 701. The molecule has 0 N–H and O–H groups in total. The van der Waals surface area contributed by atoms with Crippen LogP contribution in [0.3, 0.4) is 0 Å². The van der Waals surface area contributed by atoms with Crippen LogP contribution in [0.4, 0.5) is 0 Å². The van der Waals surface area contributed by atoms with Gasteiger partial charge in [0.15, 0.2) is 5.65 Å². The highest BCUT2D eigenvalue weighted by Crippen LogP contribution is 2.37. The molecule has 4 nitrogen and oxygen atoms in total. The molecule has 3 rings (SSSR count). The molecule has 0 atom stereocenters. The summed E-state index contributed by atoms with van der Waals surface area (Å²) >= 11 is 17.4. The van der Waals surface area contributed by atoms with Crippen molar-refractivity contribution in [1.82, 2.24) is 19.8 Å². The standard InChI is InChI=1S/C10H5Cl3N4/c11-10(12,13)9-16-15-8-7-4-2-1-3-6(7)5-14-17(8)9/h1-5H. The van der Waals surface area contributed by atoms with E-state index in [1.54, 1.807) is 6.20 Å². The highest BCUT2D eigenvalue weighted by atomic mass is 35.6. The number of aromatic nitrogens is 4. The van der Waals surface area contributed by atoms with Crippen molar-refractivity contribution < 1.29 is 0 Å². The molecule has 0 amide bonds. The predicted molar refractivity (Wildman–Crippen MR) is 67.5 cm³/mol. The lowest BCUT2D eigenvalue weighted by atomic mass is 10.2. The van der Waals surface area contributed by atoms with Crippen molar-refractivity contribution in [3.63, 3.8) is 0 Å². The Kier molecular flexibility index (Phi) is 2.40. The SMILES string of the molecule is ClC(Cl)(Cl)c1nnc2c3ccccc3cnn12. The van der Waals surface area contributed by atoms with Gasteiger partial charge < -0.3 is 0 Å². The lowest BCUT2D eigenvalue weighted by molar-refractivity contribution is 0.839. The third kappa shape index (κ3) is 1.73. The summed E-state index contributed by atoms with van der Waals surface area (Å²) in [4.78, 5) is 0. The molecule has 0 spiro atoms. The Morgan fingerprint density at radius 3 is 2.59 bits per heavy atom. The summed E-state index contributed by atoms with van der Waals surface area (Å²) in [5.41, 5.74) is 0.574. The van der Waals surface area contributed by atoms with Crippen molar-refractivity contribution >= 4 is 51.2 Å². The maximum atomic E-state index is 5.80. The molecule has 0 unspecified atom stereocenters. The van der Waals surface area contributed by atoms with Gasteiger partial charge in [-0.25, -0.2) is 0 Å². The number of rotatable bonds is 0. The fraction of sp³-hybridized carbons (Fsp3) is 0.100. The molecular weight excluding hydrogens is 282 g/mol. The fourth-order valence-corrected chi connectivity index (χ4v) is 2.02. The molecule has 0 aliphatic carbocycles. The largest absolute Gasteiger partial charge is 0.252 e. The highest BCUT2D eigenvalue weighted by Gasteiger charge is 2.30. The number of halogens is 3. The normalized spacial score (nSPS) is 12.4. The molecule has 0 aliphatic heterocycles. The van der Waals surface area contributed by atoms with Crippen LogP contribution in [0.15, 0.2) is 30.5 Å². The van der Waals surface area contributed by atoms with Crippen molar-refractivity contribution in [2.45, 2.75) is 3.79 Å².